The molecule has 1 amide bonds. The topological polar surface area (TPSA) is 87.4 Å². The largest absolute Gasteiger partial charge is 0.482 e. The fourth-order valence-electron chi connectivity index (χ4n) is 3.12. The summed E-state index contributed by atoms with van der Waals surface area (Å²) in [4.78, 5) is 24.2. The van der Waals surface area contributed by atoms with Crippen molar-refractivity contribution in [1.29, 1.82) is 0 Å². The Bertz CT molecular complexity index is 1050. The molecule has 0 aliphatic carbocycles. The Balaban J connectivity index is 1.82. The van der Waals surface area contributed by atoms with E-state index in [1.54, 1.807) is 29.1 Å². The molecule has 0 aliphatic heterocycles. The van der Waals surface area contributed by atoms with Crippen LogP contribution in [0.4, 0.5) is 5.69 Å². The first-order valence-corrected chi connectivity index (χ1v) is 9.10. The molecule has 0 aliphatic rings. The van der Waals surface area contributed by atoms with Crippen LogP contribution in [0.15, 0.2) is 36.5 Å². The zero-order valence-electron chi connectivity index (χ0n) is 17.1. The summed E-state index contributed by atoms with van der Waals surface area (Å²) in [6, 6.07) is 9.18. The SMILES string of the molecule is COC(=O)COc1ccc(NC(=O)c2cnn(C)c2-n2c(C)ccc2C)c(C)c1. The van der Waals surface area contributed by atoms with Crippen molar-refractivity contribution in [2.75, 3.05) is 19.0 Å². The van der Waals surface area contributed by atoms with Crippen LogP contribution in [0.25, 0.3) is 5.82 Å². The van der Waals surface area contributed by atoms with Gasteiger partial charge in [0.25, 0.3) is 5.91 Å². The summed E-state index contributed by atoms with van der Waals surface area (Å²) < 4.78 is 13.6. The molecule has 0 bridgehead atoms. The number of amides is 1. The number of ether oxygens (including phenoxy) is 2. The maximum Gasteiger partial charge on any atom is 0.343 e. The zero-order chi connectivity index (χ0) is 21.1. The number of esters is 1. The van der Waals surface area contributed by atoms with Crippen LogP contribution < -0.4 is 10.1 Å². The van der Waals surface area contributed by atoms with E-state index in [4.69, 9.17) is 4.74 Å². The van der Waals surface area contributed by atoms with Gasteiger partial charge in [-0.05, 0) is 56.7 Å². The van der Waals surface area contributed by atoms with Crippen molar-refractivity contribution in [3.8, 4) is 11.6 Å². The maximum atomic E-state index is 13.0. The minimum absolute atomic E-state index is 0.170. The third kappa shape index (κ3) is 4.16. The summed E-state index contributed by atoms with van der Waals surface area (Å²) in [5.74, 6) is 0.511. The second-order valence-electron chi connectivity index (χ2n) is 6.75. The predicted octanol–water partition coefficient (Wildman–Crippen LogP) is 2.94. The molecule has 0 saturated carbocycles. The Hall–Kier alpha value is -3.55. The zero-order valence-corrected chi connectivity index (χ0v) is 17.1. The van der Waals surface area contributed by atoms with Crippen molar-refractivity contribution in [1.82, 2.24) is 14.3 Å². The normalized spacial score (nSPS) is 10.7. The molecular formula is C21H24N4O4. The van der Waals surface area contributed by atoms with Gasteiger partial charge in [0.05, 0.1) is 13.3 Å². The molecule has 0 radical (unpaired) electrons. The third-order valence-corrected chi connectivity index (χ3v) is 4.67. The summed E-state index contributed by atoms with van der Waals surface area (Å²) in [7, 11) is 3.11. The van der Waals surface area contributed by atoms with Crippen molar-refractivity contribution in [3.63, 3.8) is 0 Å². The first-order chi connectivity index (χ1) is 13.8. The lowest BCUT2D eigenvalue weighted by Gasteiger charge is -2.14. The van der Waals surface area contributed by atoms with E-state index in [2.05, 4.69) is 15.2 Å². The average Bonchev–Trinajstić information content (AvgIpc) is 3.23. The fraction of sp³-hybridized carbons (Fsp3) is 0.286. The van der Waals surface area contributed by atoms with Gasteiger partial charge >= 0.3 is 5.97 Å². The van der Waals surface area contributed by atoms with Gasteiger partial charge in [-0.15, -0.1) is 0 Å². The summed E-state index contributed by atoms with van der Waals surface area (Å²) >= 11 is 0. The monoisotopic (exact) mass is 396 g/mol. The quantitative estimate of drug-likeness (QED) is 0.648. The van der Waals surface area contributed by atoms with Gasteiger partial charge in [-0.1, -0.05) is 0 Å². The molecule has 0 atom stereocenters. The molecule has 152 valence electrons. The van der Waals surface area contributed by atoms with Crippen molar-refractivity contribution < 1.29 is 19.1 Å². The van der Waals surface area contributed by atoms with Gasteiger partial charge in [-0.3, -0.25) is 9.48 Å². The highest BCUT2D eigenvalue weighted by molar-refractivity contribution is 6.06. The number of anilines is 1. The predicted molar refractivity (Wildman–Crippen MR) is 109 cm³/mol. The lowest BCUT2D eigenvalue weighted by atomic mass is 10.1. The molecule has 0 fully saturated rings. The Morgan fingerprint density at radius 3 is 2.41 bits per heavy atom. The van der Waals surface area contributed by atoms with Gasteiger partial charge in [-0.25, -0.2) is 4.79 Å². The smallest absolute Gasteiger partial charge is 0.343 e. The first-order valence-electron chi connectivity index (χ1n) is 9.10. The average molecular weight is 396 g/mol. The highest BCUT2D eigenvalue weighted by Gasteiger charge is 2.20. The number of carbonyl (C=O) groups excluding carboxylic acids is 2. The maximum absolute atomic E-state index is 13.0. The molecule has 0 unspecified atom stereocenters. The standard InChI is InChI=1S/C21H24N4O4/c1-13-10-16(29-12-19(26)28-5)8-9-18(13)23-20(27)17-11-22-24(4)21(17)25-14(2)6-7-15(25)3/h6-11H,12H2,1-5H3,(H,23,27). The van der Waals surface area contributed by atoms with E-state index in [1.807, 2.05) is 44.5 Å². The first kappa shape index (κ1) is 20.2. The fourth-order valence-corrected chi connectivity index (χ4v) is 3.12. The Labute approximate surface area is 169 Å². The van der Waals surface area contributed by atoms with Gasteiger partial charge in [-0.2, -0.15) is 5.10 Å². The summed E-state index contributed by atoms with van der Waals surface area (Å²) in [5, 5.41) is 7.21. The number of hydrogen-bond acceptors (Lipinski definition) is 5. The van der Waals surface area contributed by atoms with Gasteiger partial charge in [0, 0.05) is 24.1 Å². The number of aromatic nitrogens is 3. The second kappa shape index (κ2) is 8.22. The molecule has 3 rings (SSSR count). The molecule has 0 saturated heterocycles. The number of benzene rings is 1. The van der Waals surface area contributed by atoms with Gasteiger partial charge in [0.2, 0.25) is 0 Å². The molecule has 0 spiro atoms. The van der Waals surface area contributed by atoms with Crippen LogP contribution in [0.2, 0.25) is 0 Å². The minimum atomic E-state index is -0.459. The number of aryl methyl sites for hydroxylation is 4. The van der Waals surface area contributed by atoms with Crippen LogP contribution in [-0.2, 0) is 16.6 Å². The summed E-state index contributed by atoms with van der Waals surface area (Å²) in [5.41, 5.74) is 3.96. The van der Waals surface area contributed by atoms with E-state index in [-0.39, 0.29) is 12.5 Å². The van der Waals surface area contributed by atoms with Gasteiger partial charge < -0.3 is 19.4 Å². The van der Waals surface area contributed by atoms with Crippen molar-refractivity contribution in [2.45, 2.75) is 20.8 Å². The molecule has 1 aromatic carbocycles. The lowest BCUT2D eigenvalue weighted by Crippen LogP contribution is -2.17. The molecule has 29 heavy (non-hydrogen) atoms. The molecule has 2 aromatic heterocycles. The molecule has 8 heteroatoms. The van der Waals surface area contributed by atoms with Crippen molar-refractivity contribution >= 4 is 17.6 Å². The van der Waals surface area contributed by atoms with Crippen molar-refractivity contribution in [3.05, 3.63) is 59.0 Å². The number of hydrogen-bond donors (Lipinski definition) is 1. The Morgan fingerprint density at radius 2 is 1.79 bits per heavy atom. The Kier molecular flexibility index (Phi) is 5.72. The summed E-state index contributed by atoms with van der Waals surface area (Å²) in [6.45, 7) is 5.65. The van der Waals surface area contributed by atoms with Crippen LogP contribution in [0.1, 0.15) is 27.3 Å². The van der Waals surface area contributed by atoms with E-state index in [1.165, 1.54) is 7.11 Å². The molecule has 3 aromatic rings. The van der Waals surface area contributed by atoms with E-state index in [0.717, 1.165) is 17.0 Å². The lowest BCUT2D eigenvalue weighted by molar-refractivity contribution is -0.142. The van der Waals surface area contributed by atoms with Crippen LogP contribution in [0.3, 0.4) is 0 Å². The van der Waals surface area contributed by atoms with E-state index in [9.17, 15) is 9.59 Å². The number of nitrogens with one attached hydrogen (secondary N) is 1. The second-order valence-corrected chi connectivity index (χ2v) is 6.75. The highest BCUT2D eigenvalue weighted by Crippen LogP contribution is 2.24. The number of carbonyl (C=O) groups is 2. The number of nitrogens with zero attached hydrogens (tertiary/aromatic N) is 3. The third-order valence-electron chi connectivity index (χ3n) is 4.67. The number of methoxy groups -OCH3 is 1. The van der Waals surface area contributed by atoms with E-state index in [0.29, 0.717) is 22.8 Å². The van der Waals surface area contributed by atoms with Gasteiger partial charge in [0.15, 0.2) is 6.61 Å². The molecule has 8 nitrogen and oxygen atoms in total. The molecule has 1 N–H and O–H groups in total. The number of rotatable bonds is 6. The van der Waals surface area contributed by atoms with Crippen molar-refractivity contribution in [2.24, 2.45) is 7.05 Å². The van der Waals surface area contributed by atoms with E-state index >= 15 is 0 Å². The highest BCUT2D eigenvalue weighted by atomic mass is 16.6. The molecule has 2 heterocycles. The van der Waals surface area contributed by atoms with Crippen LogP contribution in [-0.4, -0.2) is 39.9 Å². The van der Waals surface area contributed by atoms with Crippen LogP contribution in [0.5, 0.6) is 5.75 Å². The van der Waals surface area contributed by atoms with Crippen LogP contribution >= 0.6 is 0 Å². The summed E-state index contributed by atoms with van der Waals surface area (Å²) in [6.07, 6.45) is 1.56. The molecular weight excluding hydrogens is 372 g/mol. The minimum Gasteiger partial charge on any atom is -0.482 e. The van der Waals surface area contributed by atoms with Gasteiger partial charge in [0.1, 0.15) is 17.1 Å². The van der Waals surface area contributed by atoms with E-state index < -0.39 is 5.97 Å². The van der Waals surface area contributed by atoms with Crippen LogP contribution in [0, 0.1) is 20.8 Å². The Morgan fingerprint density at radius 1 is 1.10 bits per heavy atom.